The zero-order chi connectivity index (χ0) is 36.7. The van der Waals surface area contributed by atoms with Crippen LogP contribution >= 0.6 is 0 Å². The Morgan fingerprint density at radius 3 is 2.41 bits per heavy atom. The fourth-order valence-electron chi connectivity index (χ4n) is 6.18. The van der Waals surface area contributed by atoms with Crippen LogP contribution in [0.2, 0.25) is 0 Å². The van der Waals surface area contributed by atoms with Gasteiger partial charge < -0.3 is 39.9 Å². The molecule has 0 radical (unpaired) electrons. The highest BCUT2D eigenvalue weighted by Gasteiger charge is 2.36. The third kappa shape index (κ3) is 8.42. The molecule has 2 aliphatic rings. The number of para-hydroxylation sites is 1. The maximum Gasteiger partial charge on any atom is 0.404 e. The number of amides is 3. The van der Waals surface area contributed by atoms with Gasteiger partial charge in [0.1, 0.15) is 11.4 Å². The van der Waals surface area contributed by atoms with Crippen molar-refractivity contribution in [2.75, 3.05) is 84.9 Å². The number of aromatic nitrogens is 2. The number of piperidine rings is 1. The molecule has 0 bridgehead atoms. The van der Waals surface area contributed by atoms with Crippen LogP contribution in [0.1, 0.15) is 37.0 Å². The van der Waals surface area contributed by atoms with Crippen LogP contribution in [0.5, 0.6) is 5.75 Å². The molecule has 3 amide bonds. The fraction of sp³-hybridized carbons (Fsp3) is 0.441. The van der Waals surface area contributed by atoms with Crippen LogP contribution in [0.3, 0.4) is 0 Å². The molecule has 1 fully saturated rings. The Bertz CT molecular complexity index is 1850. The van der Waals surface area contributed by atoms with Gasteiger partial charge in [0.2, 0.25) is 21.9 Å². The zero-order valence-electron chi connectivity index (χ0n) is 29.2. The number of ether oxygens (including phenoxy) is 2. The molecule has 5 rings (SSSR count). The molecule has 274 valence electrons. The molecule has 0 unspecified atom stereocenters. The number of carbonyl (C=O) groups excluding carboxylic acids is 2. The SMILES string of the molecule is CCOc1cc(N2CCC(C(=O)NCCOCCNC(=O)O)CC2)ccc1N(CC)c1ncc2c(n1)N(S(C)(=O)=O)c1ccccc1C(=O)N2C. The van der Waals surface area contributed by atoms with Crippen molar-refractivity contribution in [3.8, 4) is 5.75 Å². The van der Waals surface area contributed by atoms with Gasteiger partial charge in [-0.15, -0.1) is 0 Å². The maximum absolute atomic E-state index is 13.4. The van der Waals surface area contributed by atoms with Crippen molar-refractivity contribution in [2.24, 2.45) is 5.92 Å². The minimum atomic E-state index is -3.93. The molecule has 3 heterocycles. The average Bonchev–Trinajstić information content (AvgIpc) is 3.20. The minimum absolute atomic E-state index is 0.0277. The van der Waals surface area contributed by atoms with Gasteiger partial charge in [-0.05, 0) is 51.0 Å². The van der Waals surface area contributed by atoms with Crippen LogP contribution in [0.4, 0.5) is 39.3 Å². The Morgan fingerprint density at radius 2 is 1.75 bits per heavy atom. The topological polar surface area (TPSA) is 187 Å². The summed E-state index contributed by atoms with van der Waals surface area (Å²) in [5, 5.41) is 13.7. The Morgan fingerprint density at radius 1 is 1.04 bits per heavy atom. The Balaban J connectivity index is 1.33. The molecule has 0 atom stereocenters. The molecule has 2 aromatic carbocycles. The third-order valence-electron chi connectivity index (χ3n) is 8.67. The van der Waals surface area contributed by atoms with E-state index in [0.717, 1.165) is 16.2 Å². The third-order valence-corrected chi connectivity index (χ3v) is 9.70. The van der Waals surface area contributed by atoms with Gasteiger partial charge in [-0.1, -0.05) is 12.1 Å². The number of benzene rings is 2. The molecule has 51 heavy (non-hydrogen) atoms. The van der Waals surface area contributed by atoms with Gasteiger partial charge in [-0.2, -0.15) is 4.98 Å². The number of carbonyl (C=O) groups is 3. The second-order valence-corrected chi connectivity index (χ2v) is 13.8. The molecule has 0 spiro atoms. The first-order valence-electron chi connectivity index (χ1n) is 16.8. The molecule has 3 aromatic rings. The van der Waals surface area contributed by atoms with Crippen molar-refractivity contribution in [3.63, 3.8) is 0 Å². The highest BCUT2D eigenvalue weighted by molar-refractivity contribution is 7.92. The van der Waals surface area contributed by atoms with Gasteiger partial charge in [-0.3, -0.25) is 9.59 Å². The Hall–Kier alpha value is -5.16. The predicted molar refractivity (Wildman–Crippen MR) is 193 cm³/mol. The summed E-state index contributed by atoms with van der Waals surface area (Å²) in [6, 6.07) is 12.4. The molecule has 17 heteroatoms. The van der Waals surface area contributed by atoms with Crippen LogP contribution < -0.4 is 34.4 Å². The lowest BCUT2D eigenvalue weighted by molar-refractivity contribution is -0.125. The second kappa shape index (κ2) is 16.2. The number of carboxylic acid groups (broad SMARTS) is 1. The first-order valence-corrected chi connectivity index (χ1v) is 18.6. The lowest BCUT2D eigenvalue weighted by Gasteiger charge is -2.34. The van der Waals surface area contributed by atoms with Gasteiger partial charge in [0, 0.05) is 57.4 Å². The average molecular weight is 725 g/mol. The van der Waals surface area contributed by atoms with Crippen LogP contribution in [-0.2, 0) is 19.6 Å². The molecule has 1 aromatic heterocycles. The first-order chi connectivity index (χ1) is 24.4. The molecule has 16 nitrogen and oxygen atoms in total. The summed E-state index contributed by atoms with van der Waals surface area (Å²) in [6.45, 7) is 7.04. The van der Waals surface area contributed by atoms with Crippen molar-refractivity contribution >= 4 is 62.4 Å². The molecule has 0 aliphatic carbocycles. The second-order valence-electron chi connectivity index (χ2n) is 12.0. The summed E-state index contributed by atoms with van der Waals surface area (Å²) >= 11 is 0. The van der Waals surface area contributed by atoms with Crippen LogP contribution in [-0.4, -0.2) is 107 Å². The number of sulfonamides is 1. The number of nitrogens with zero attached hydrogens (tertiary/aromatic N) is 6. The maximum atomic E-state index is 13.4. The van der Waals surface area contributed by atoms with Gasteiger partial charge in [0.15, 0.2) is 5.82 Å². The largest absolute Gasteiger partial charge is 0.492 e. The molecule has 3 N–H and O–H groups in total. The van der Waals surface area contributed by atoms with Crippen molar-refractivity contribution in [1.82, 2.24) is 20.6 Å². The summed E-state index contributed by atoms with van der Waals surface area (Å²) in [4.78, 5) is 51.4. The van der Waals surface area contributed by atoms with Crippen molar-refractivity contribution in [3.05, 3.63) is 54.2 Å². The van der Waals surface area contributed by atoms with Gasteiger partial charge in [0.25, 0.3) is 5.91 Å². The number of rotatable bonds is 14. The number of hydrogen-bond donors (Lipinski definition) is 3. The summed E-state index contributed by atoms with van der Waals surface area (Å²) in [5.41, 5.74) is 2.30. The Kier molecular flexibility index (Phi) is 11.8. The van der Waals surface area contributed by atoms with E-state index in [-0.39, 0.29) is 59.6 Å². The normalized spacial score (nSPS) is 14.7. The standard InChI is InChI=1S/C34H44N8O8S/c1-5-41(33-37-22-28-30(38-33)42(51(4,47)48)26-10-8-7-9-25(26)32(44)39(28)3)27-12-11-24(21-29(27)50-6-2)40-17-13-23(14-18-40)31(43)35-15-19-49-20-16-36-34(45)46/h7-12,21-23,36H,5-6,13-20H2,1-4H3,(H,35,43)(H,45,46). The quantitative estimate of drug-likeness (QED) is 0.206. The number of nitrogens with one attached hydrogen (secondary N) is 2. The zero-order valence-corrected chi connectivity index (χ0v) is 30.0. The molecule has 2 aliphatic heterocycles. The van der Waals surface area contributed by atoms with Gasteiger partial charge in [0.05, 0.1) is 49.2 Å². The van der Waals surface area contributed by atoms with Crippen molar-refractivity contribution in [1.29, 1.82) is 0 Å². The van der Waals surface area contributed by atoms with Crippen LogP contribution in [0.25, 0.3) is 0 Å². The van der Waals surface area contributed by atoms with Crippen molar-refractivity contribution in [2.45, 2.75) is 26.7 Å². The monoisotopic (exact) mass is 724 g/mol. The van der Waals surface area contributed by atoms with E-state index >= 15 is 0 Å². The minimum Gasteiger partial charge on any atom is -0.492 e. The number of anilines is 6. The number of hydrogen-bond acceptors (Lipinski definition) is 11. The molecular weight excluding hydrogens is 680 g/mol. The fourth-order valence-corrected chi connectivity index (χ4v) is 7.15. The highest BCUT2D eigenvalue weighted by Crippen LogP contribution is 2.43. The molecule has 1 saturated heterocycles. The summed E-state index contributed by atoms with van der Waals surface area (Å²) in [6.07, 6.45) is 2.77. The van der Waals surface area contributed by atoms with E-state index in [1.54, 1.807) is 31.3 Å². The lowest BCUT2D eigenvalue weighted by Crippen LogP contribution is -2.41. The van der Waals surface area contributed by atoms with E-state index in [2.05, 4.69) is 20.5 Å². The van der Waals surface area contributed by atoms with Gasteiger partial charge in [-0.25, -0.2) is 22.5 Å². The van der Waals surface area contributed by atoms with Gasteiger partial charge >= 0.3 is 6.09 Å². The molecule has 0 saturated carbocycles. The summed E-state index contributed by atoms with van der Waals surface area (Å²) in [7, 11) is -2.36. The highest BCUT2D eigenvalue weighted by atomic mass is 32.2. The van der Waals surface area contributed by atoms with E-state index in [4.69, 9.17) is 19.6 Å². The van der Waals surface area contributed by atoms with E-state index in [1.165, 1.54) is 11.1 Å². The number of fused-ring (bicyclic) bond motifs is 2. The van der Waals surface area contributed by atoms with E-state index < -0.39 is 16.1 Å². The Labute approximate surface area is 297 Å². The van der Waals surface area contributed by atoms with Crippen LogP contribution in [0.15, 0.2) is 48.7 Å². The molecular formula is C34H44N8O8S. The van der Waals surface area contributed by atoms with E-state index in [0.29, 0.717) is 63.7 Å². The predicted octanol–water partition coefficient (Wildman–Crippen LogP) is 3.34. The smallest absolute Gasteiger partial charge is 0.404 e. The summed E-state index contributed by atoms with van der Waals surface area (Å²) in [5.74, 6) is 0.340. The van der Waals surface area contributed by atoms with Crippen molar-refractivity contribution < 1.29 is 37.4 Å². The summed E-state index contributed by atoms with van der Waals surface area (Å²) < 4.78 is 39.0. The van der Waals surface area contributed by atoms with E-state index in [1.807, 2.05) is 36.9 Å². The first kappa shape index (κ1) is 37.1. The lowest BCUT2D eigenvalue weighted by atomic mass is 9.95. The van der Waals surface area contributed by atoms with E-state index in [9.17, 15) is 22.8 Å². The van der Waals surface area contributed by atoms with Crippen LogP contribution in [0, 0.1) is 5.92 Å².